The van der Waals surface area contributed by atoms with Gasteiger partial charge in [0.05, 0.1) is 21.7 Å². The highest BCUT2D eigenvalue weighted by Crippen LogP contribution is 2.23. The van der Waals surface area contributed by atoms with Gasteiger partial charge in [0.2, 0.25) is 0 Å². The molecule has 0 bridgehead atoms. The summed E-state index contributed by atoms with van der Waals surface area (Å²) in [7, 11) is 0. The van der Waals surface area contributed by atoms with Gasteiger partial charge >= 0.3 is 0 Å². The molecule has 8 heteroatoms. The molecule has 1 heterocycles. The Labute approximate surface area is 171 Å². The number of carbonyl (C=O) groups excluding carboxylic acids is 1. The lowest BCUT2D eigenvalue weighted by Crippen LogP contribution is -2.16. The third kappa shape index (κ3) is 4.78. The Morgan fingerprint density at radius 1 is 1.31 bits per heavy atom. The summed E-state index contributed by atoms with van der Waals surface area (Å²) in [6.45, 7) is 6.92. The second-order valence-corrected chi connectivity index (χ2v) is 7.35. The van der Waals surface area contributed by atoms with Crippen molar-refractivity contribution in [3.63, 3.8) is 0 Å². The fraction of sp³-hybridized carbons (Fsp3) is 0.238. The molecule has 1 amide bonds. The number of nitro groups is 1. The zero-order valence-corrected chi connectivity index (χ0v) is 16.9. The molecule has 0 saturated carbocycles. The van der Waals surface area contributed by atoms with Gasteiger partial charge in [-0.1, -0.05) is 30.8 Å². The van der Waals surface area contributed by atoms with E-state index in [1.54, 1.807) is 36.4 Å². The van der Waals surface area contributed by atoms with E-state index in [0.717, 1.165) is 18.4 Å². The predicted octanol–water partition coefficient (Wildman–Crippen LogP) is 4.72. The minimum absolute atomic E-state index is 0.000964. The van der Waals surface area contributed by atoms with Gasteiger partial charge in [0.25, 0.3) is 11.6 Å². The summed E-state index contributed by atoms with van der Waals surface area (Å²) in [5, 5.41) is 11.0. The molecular formula is C21H21N3O4S. The van der Waals surface area contributed by atoms with Crippen LogP contribution in [0.15, 0.2) is 60.1 Å². The predicted molar refractivity (Wildman–Crippen MR) is 113 cm³/mol. The zero-order valence-electron chi connectivity index (χ0n) is 16.0. The summed E-state index contributed by atoms with van der Waals surface area (Å²) < 4.78 is 8.11. The van der Waals surface area contributed by atoms with Crippen molar-refractivity contribution in [2.75, 3.05) is 6.61 Å². The Morgan fingerprint density at radius 2 is 2.07 bits per heavy atom. The van der Waals surface area contributed by atoms with Gasteiger partial charge in [-0.3, -0.25) is 14.9 Å². The number of unbranched alkanes of at least 4 members (excludes halogenated alkanes) is 1. The van der Waals surface area contributed by atoms with Crippen molar-refractivity contribution in [2.24, 2.45) is 4.99 Å². The van der Waals surface area contributed by atoms with Crippen LogP contribution < -0.4 is 9.54 Å². The Balaban J connectivity index is 1.93. The number of carbonyl (C=O) groups is 1. The van der Waals surface area contributed by atoms with Crippen LogP contribution >= 0.6 is 11.3 Å². The number of thiazole rings is 1. The van der Waals surface area contributed by atoms with E-state index < -0.39 is 4.92 Å². The van der Waals surface area contributed by atoms with Crippen molar-refractivity contribution in [2.45, 2.75) is 26.3 Å². The fourth-order valence-electron chi connectivity index (χ4n) is 2.75. The Hall–Kier alpha value is -3.26. The molecule has 0 atom stereocenters. The number of benzene rings is 2. The minimum Gasteiger partial charge on any atom is -0.494 e. The molecule has 7 nitrogen and oxygen atoms in total. The average molecular weight is 411 g/mol. The minimum atomic E-state index is -0.441. The van der Waals surface area contributed by atoms with Gasteiger partial charge in [-0.2, -0.15) is 4.99 Å². The molecule has 0 aliphatic rings. The Bertz CT molecular complexity index is 1110. The highest BCUT2D eigenvalue weighted by atomic mass is 32.1. The van der Waals surface area contributed by atoms with E-state index in [4.69, 9.17) is 4.74 Å². The van der Waals surface area contributed by atoms with Crippen molar-refractivity contribution in [3.8, 4) is 5.75 Å². The molecule has 0 radical (unpaired) electrons. The highest BCUT2D eigenvalue weighted by molar-refractivity contribution is 7.16. The smallest absolute Gasteiger partial charge is 0.279 e. The van der Waals surface area contributed by atoms with Crippen LogP contribution in [0.5, 0.6) is 5.75 Å². The molecule has 0 unspecified atom stereocenters. The molecule has 2 aromatic carbocycles. The molecule has 1 aromatic heterocycles. The number of hydrogen-bond acceptors (Lipinski definition) is 5. The van der Waals surface area contributed by atoms with Crippen LogP contribution in [0, 0.1) is 10.1 Å². The van der Waals surface area contributed by atoms with Crippen LogP contribution in [0.1, 0.15) is 30.1 Å². The largest absolute Gasteiger partial charge is 0.494 e. The lowest BCUT2D eigenvalue weighted by molar-refractivity contribution is -0.384. The molecule has 0 fully saturated rings. The lowest BCUT2D eigenvalue weighted by Gasteiger charge is -2.05. The van der Waals surface area contributed by atoms with Gasteiger partial charge < -0.3 is 9.30 Å². The lowest BCUT2D eigenvalue weighted by atomic mass is 10.2. The molecular weight excluding hydrogens is 390 g/mol. The SMILES string of the molecule is C=CCn1c(=NC(=O)c2ccc(OCCCC)cc2)sc2cc([N+](=O)[O-])ccc21. The van der Waals surface area contributed by atoms with E-state index in [0.29, 0.717) is 34.0 Å². The number of fused-ring (bicyclic) bond motifs is 1. The van der Waals surface area contributed by atoms with Gasteiger partial charge in [0.1, 0.15) is 5.75 Å². The van der Waals surface area contributed by atoms with Crippen molar-refractivity contribution in [1.29, 1.82) is 0 Å². The summed E-state index contributed by atoms with van der Waals surface area (Å²) in [6.07, 6.45) is 3.72. The van der Waals surface area contributed by atoms with E-state index in [1.807, 2.05) is 4.57 Å². The van der Waals surface area contributed by atoms with E-state index in [1.165, 1.54) is 23.5 Å². The number of aromatic nitrogens is 1. The maximum absolute atomic E-state index is 12.6. The first-order chi connectivity index (χ1) is 14.0. The normalized spacial score (nSPS) is 11.6. The number of ether oxygens (including phenoxy) is 1. The van der Waals surface area contributed by atoms with E-state index in [9.17, 15) is 14.9 Å². The zero-order chi connectivity index (χ0) is 20.8. The third-order valence-corrected chi connectivity index (χ3v) is 5.30. The molecule has 0 aliphatic heterocycles. The van der Waals surface area contributed by atoms with Crippen molar-refractivity contribution >= 4 is 33.1 Å². The monoisotopic (exact) mass is 411 g/mol. The first-order valence-corrected chi connectivity index (χ1v) is 10.1. The van der Waals surface area contributed by atoms with Gasteiger partial charge in [0.15, 0.2) is 4.80 Å². The number of nitro benzene ring substituents is 1. The van der Waals surface area contributed by atoms with Gasteiger partial charge in [0, 0.05) is 24.2 Å². The number of allylic oxidation sites excluding steroid dienone is 1. The second kappa shape index (κ2) is 9.29. The van der Waals surface area contributed by atoms with Crippen LogP contribution in [0.2, 0.25) is 0 Å². The topological polar surface area (TPSA) is 86.7 Å². The molecule has 3 aromatic rings. The maximum atomic E-state index is 12.6. The molecule has 0 spiro atoms. The van der Waals surface area contributed by atoms with Crippen molar-refractivity contribution in [1.82, 2.24) is 4.57 Å². The van der Waals surface area contributed by atoms with E-state index in [-0.39, 0.29) is 11.6 Å². The standard InChI is InChI=1S/C21H21N3O4S/c1-3-5-13-28-17-9-6-15(7-10-17)20(25)22-21-23(12-4-2)18-11-8-16(24(26)27)14-19(18)29-21/h4,6-11,14H,2-3,5,12-13H2,1H3. The van der Waals surface area contributed by atoms with Crippen LogP contribution in [-0.2, 0) is 6.54 Å². The highest BCUT2D eigenvalue weighted by Gasteiger charge is 2.13. The van der Waals surface area contributed by atoms with Crippen LogP contribution in [0.25, 0.3) is 10.2 Å². The number of hydrogen-bond donors (Lipinski definition) is 0. The molecule has 0 saturated heterocycles. The van der Waals surface area contributed by atoms with Crippen LogP contribution in [-0.4, -0.2) is 22.0 Å². The summed E-state index contributed by atoms with van der Waals surface area (Å²) in [6, 6.07) is 11.5. The molecule has 3 rings (SSSR count). The number of non-ortho nitro benzene ring substituents is 1. The summed E-state index contributed by atoms with van der Waals surface area (Å²) >= 11 is 1.23. The van der Waals surface area contributed by atoms with E-state index in [2.05, 4.69) is 18.5 Å². The molecule has 0 N–H and O–H groups in total. The summed E-state index contributed by atoms with van der Waals surface area (Å²) in [4.78, 5) is 28.0. The van der Waals surface area contributed by atoms with Crippen molar-refractivity contribution < 1.29 is 14.5 Å². The number of nitrogens with zero attached hydrogens (tertiary/aromatic N) is 3. The summed E-state index contributed by atoms with van der Waals surface area (Å²) in [5.41, 5.74) is 1.22. The molecule has 0 aliphatic carbocycles. The van der Waals surface area contributed by atoms with Crippen LogP contribution in [0.3, 0.4) is 0 Å². The Morgan fingerprint density at radius 3 is 2.72 bits per heavy atom. The number of amides is 1. The molecule has 150 valence electrons. The van der Waals surface area contributed by atoms with Crippen molar-refractivity contribution in [3.05, 3.63) is 75.6 Å². The van der Waals surface area contributed by atoms with E-state index >= 15 is 0 Å². The van der Waals surface area contributed by atoms with Crippen LogP contribution in [0.4, 0.5) is 5.69 Å². The number of rotatable bonds is 8. The van der Waals surface area contributed by atoms with Gasteiger partial charge in [-0.05, 0) is 36.8 Å². The molecule has 29 heavy (non-hydrogen) atoms. The Kier molecular flexibility index (Phi) is 6.56. The van der Waals surface area contributed by atoms with Gasteiger partial charge in [-0.25, -0.2) is 0 Å². The van der Waals surface area contributed by atoms with Gasteiger partial charge in [-0.15, -0.1) is 6.58 Å². The first kappa shape index (κ1) is 20.5. The fourth-order valence-corrected chi connectivity index (χ4v) is 3.82. The third-order valence-electron chi connectivity index (χ3n) is 4.25. The average Bonchev–Trinajstić information content (AvgIpc) is 3.05. The first-order valence-electron chi connectivity index (χ1n) is 9.24. The second-order valence-electron chi connectivity index (χ2n) is 6.34. The quantitative estimate of drug-likeness (QED) is 0.232. The summed E-state index contributed by atoms with van der Waals surface area (Å²) in [5.74, 6) is 0.329. The maximum Gasteiger partial charge on any atom is 0.279 e.